The summed E-state index contributed by atoms with van der Waals surface area (Å²) in [6.45, 7) is 5.45. The first-order valence-electron chi connectivity index (χ1n) is 6.54. The SMILES string of the molecule is CC(C)(C)OC(=O)C1NC(=O)C[C@H]1c1ccc(Br)cc1. The van der Waals surface area contributed by atoms with Crippen molar-refractivity contribution < 1.29 is 14.3 Å². The van der Waals surface area contributed by atoms with Crippen molar-refractivity contribution in [1.29, 1.82) is 0 Å². The number of carbonyl (C=O) groups is 2. The van der Waals surface area contributed by atoms with Gasteiger partial charge in [-0.05, 0) is 38.5 Å². The van der Waals surface area contributed by atoms with E-state index < -0.39 is 11.6 Å². The second-order valence-corrected chi connectivity index (χ2v) is 6.86. The van der Waals surface area contributed by atoms with Crippen LogP contribution in [-0.2, 0) is 14.3 Å². The largest absolute Gasteiger partial charge is 0.458 e. The molecule has 4 nitrogen and oxygen atoms in total. The van der Waals surface area contributed by atoms with Crippen LogP contribution in [0.1, 0.15) is 38.7 Å². The van der Waals surface area contributed by atoms with Crippen LogP contribution in [0, 0.1) is 0 Å². The van der Waals surface area contributed by atoms with Crippen LogP contribution in [0.15, 0.2) is 28.7 Å². The van der Waals surface area contributed by atoms with Gasteiger partial charge in [-0.25, -0.2) is 4.79 Å². The van der Waals surface area contributed by atoms with Crippen LogP contribution in [-0.4, -0.2) is 23.5 Å². The molecular formula is C15H18BrNO3. The minimum atomic E-state index is -0.608. The number of amides is 1. The zero-order valence-electron chi connectivity index (χ0n) is 11.8. The molecule has 1 aromatic carbocycles. The molecular weight excluding hydrogens is 322 g/mol. The van der Waals surface area contributed by atoms with E-state index in [1.807, 2.05) is 45.0 Å². The van der Waals surface area contributed by atoms with Gasteiger partial charge in [-0.3, -0.25) is 4.79 Å². The Kier molecular flexibility index (Phi) is 4.18. The van der Waals surface area contributed by atoms with Crippen molar-refractivity contribution in [2.24, 2.45) is 0 Å². The molecule has 0 bridgehead atoms. The van der Waals surface area contributed by atoms with Gasteiger partial charge in [0.25, 0.3) is 0 Å². The van der Waals surface area contributed by atoms with E-state index in [1.54, 1.807) is 0 Å². The summed E-state index contributed by atoms with van der Waals surface area (Å²) in [5.74, 6) is -0.671. The van der Waals surface area contributed by atoms with Crippen molar-refractivity contribution in [3.8, 4) is 0 Å². The molecule has 0 aliphatic carbocycles. The van der Waals surface area contributed by atoms with Gasteiger partial charge in [-0.15, -0.1) is 0 Å². The van der Waals surface area contributed by atoms with Crippen LogP contribution in [0.25, 0.3) is 0 Å². The minimum absolute atomic E-state index is 0.117. The van der Waals surface area contributed by atoms with E-state index in [0.29, 0.717) is 6.42 Å². The third-order valence-electron chi connectivity index (χ3n) is 3.08. The lowest BCUT2D eigenvalue weighted by atomic mass is 9.92. The molecule has 1 heterocycles. The Morgan fingerprint density at radius 2 is 1.90 bits per heavy atom. The van der Waals surface area contributed by atoms with Gasteiger partial charge < -0.3 is 10.1 Å². The second kappa shape index (κ2) is 5.56. The van der Waals surface area contributed by atoms with E-state index in [2.05, 4.69) is 21.2 Å². The lowest BCUT2D eigenvalue weighted by molar-refractivity contribution is -0.157. The molecule has 1 aliphatic rings. The minimum Gasteiger partial charge on any atom is -0.458 e. The molecule has 1 fully saturated rings. The molecule has 1 unspecified atom stereocenters. The molecule has 0 radical (unpaired) electrons. The predicted octanol–water partition coefficient (Wildman–Crippen LogP) is 2.76. The number of esters is 1. The van der Waals surface area contributed by atoms with Crippen molar-refractivity contribution in [3.63, 3.8) is 0 Å². The standard InChI is InChI=1S/C15H18BrNO3/c1-15(2,3)20-14(19)13-11(8-12(18)17-13)9-4-6-10(16)7-5-9/h4-7,11,13H,8H2,1-3H3,(H,17,18)/t11-,13?/m0/s1. The molecule has 1 aliphatic heterocycles. The lowest BCUT2D eigenvalue weighted by Gasteiger charge is -2.24. The van der Waals surface area contributed by atoms with E-state index in [-0.39, 0.29) is 17.8 Å². The van der Waals surface area contributed by atoms with Crippen molar-refractivity contribution >= 4 is 27.8 Å². The van der Waals surface area contributed by atoms with E-state index >= 15 is 0 Å². The lowest BCUT2D eigenvalue weighted by Crippen LogP contribution is -2.41. The first kappa shape index (κ1) is 15.0. The number of rotatable bonds is 2. The zero-order chi connectivity index (χ0) is 14.9. The van der Waals surface area contributed by atoms with Gasteiger partial charge in [0.1, 0.15) is 11.6 Å². The van der Waals surface area contributed by atoms with Crippen LogP contribution < -0.4 is 5.32 Å². The fourth-order valence-electron chi connectivity index (χ4n) is 2.26. The molecule has 2 atom stereocenters. The summed E-state index contributed by atoms with van der Waals surface area (Å²) in [7, 11) is 0. The number of hydrogen-bond acceptors (Lipinski definition) is 3. The summed E-state index contributed by atoms with van der Waals surface area (Å²) in [6, 6.07) is 7.05. The van der Waals surface area contributed by atoms with Gasteiger partial charge >= 0.3 is 5.97 Å². The zero-order valence-corrected chi connectivity index (χ0v) is 13.4. The molecule has 108 valence electrons. The van der Waals surface area contributed by atoms with Gasteiger partial charge in [0.2, 0.25) is 5.91 Å². The predicted molar refractivity (Wildman–Crippen MR) is 79.3 cm³/mol. The van der Waals surface area contributed by atoms with Gasteiger partial charge in [0, 0.05) is 16.8 Å². The van der Waals surface area contributed by atoms with Crippen molar-refractivity contribution in [2.45, 2.75) is 44.8 Å². The van der Waals surface area contributed by atoms with Crippen molar-refractivity contribution in [3.05, 3.63) is 34.3 Å². The normalized spacial score (nSPS) is 22.5. The number of halogens is 1. The second-order valence-electron chi connectivity index (χ2n) is 5.94. The fourth-order valence-corrected chi connectivity index (χ4v) is 2.52. The van der Waals surface area contributed by atoms with Gasteiger partial charge in [0.15, 0.2) is 0 Å². The molecule has 0 aromatic heterocycles. The first-order valence-corrected chi connectivity index (χ1v) is 7.33. The molecule has 1 N–H and O–H groups in total. The Morgan fingerprint density at radius 1 is 1.30 bits per heavy atom. The molecule has 0 saturated carbocycles. The average molecular weight is 340 g/mol. The van der Waals surface area contributed by atoms with Crippen LogP contribution in [0.4, 0.5) is 0 Å². The highest BCUT2D eigenvalue weighted by atomic mass is 79.9. The third-order valence-corrected chi connectivity index (χ3v) is 3.61. The molecule has 1 saturated heterocycles. The maximum atomic E-state index is 12.2. The van der Waals surface area contributed by atoms with Crippen molar-refractivity contribution in [1.82, 2.24) is 5.32 Å². The molecule has 1 aromatic rings. The van der Waals surface area contributed by atoms with Crippen molar-refractivity contribution in [2.75, 3.05) is 0 Å². The Hall–Kier alpha value is -1.36. The van der Waals surface area contributed by atoms with Crippen LogP contribution in [0.2, 0.25) is 0 Å². The van der Waals surface area contributed by atoms with Gasteiger partial charge in [0.05, 0.1) is 0 Å². The van der Waals surface area contributed by atoms with Gasteiger partial charge in [-0.2, -0.15) is 0 Å². The average Bonchev–Trinajstić information content (AvgIpc) is 2.70. The Morgan fingerprint density at radius 3 is 2.45 bits per heavy atom. The number of hydrogen-bond donors (Lipinski definition) is 1. The molecule has 5 heteroatoms. The Bertz CT molecular complexity index is 519. The van der Waals surface area contributed by atoms with E-state index in [4.69, 9.17) is 4.74 Å². The molecule has 1 amide bonds. The number of ether oxygens (including phenoxy) is 1. The summed E-state index contributed by atoms with van der Waals surface area (Å²) in [5.41, 5.74) is 0.400. The van der Waals surface area contributed by atoms with Crippen LogP contribution in [0.3, 0.4) is 0 Å². The smallest absolute Gasteiger partial charge is 0.329 e. The first-order chi connectivity index (χ1) is 9.26. The monoisotopic (exact) mass is 339 g/mol. The highest BCUT2D eigenvalue weighted by Gasteiger charge is 2.40. The highest BCUT2D eigenvalue weighted by Crippen LogP contribution is 2.30. The summed E-state index contributed by atoms with van der Waals surface area (Å²) >= 11 is 3.38. The van der Waals surface area contributed by atoms with E-state index in [1.165, 1.54) is 0 Å². The topological polar surface area (TPSA) is 55.4 Å². The Labute approximate surface area is 127 Å². The fraction of sp³-hybridized carbons (Fsp3) is 0.467. The summed E-state index contributed by atoms with van der Waals surface area (Å²) < 4.78 is 6.35. The summed E-state index contributed by atoms with van der Waals surface area (Å²) in [6.07, 6.45) is 0.311. The third kappa shape index (κ3) is 3.60. The van der Waals surface area contributed by atoms with E-state index in [0.717, 1.165) is 10.0 Å². The quantitative estimate of drug-likeness (QED) is 0.843. The number of carbonyl (C=O) groups excluding carboxylic acids is 2. The maximum absolute atomic E-state index is 12.2. The summed E-state index contributed by atoms with van der Waals surface area (Å²) in [5, 5.41) is 2.71. The maximum Gasteiger partial charge on any atom is 0.329 e. The molecule has 2 rings (SSSR count). The Balaban J connectivity index is 2.20. The van der Waals surface area contributed by atoms with Gasteiger partial charge in [-0.1, -0.05) is 28.1 Å². The van der Waals surface area contributed by atoms with Crippen LogP contribution in [0.5, 0.6) is 0 Å². The molecule has 0 spiro atoms. The van der Waals surface area contributed by atoms with E-state index in [9.17, 15) is 9.59 Å². The summed E-state index contributed by atoms with van der Waals surface area (Å²) in [4.78, 5) is 23.9. The number of nitrogens with one attached hydrogen (secondary N) is 1. The molecule has 20 heavy (non-hydrogen) atoms. The van der Waals surface area contributed by atoms with Crippen LogP contribution >= 0.6 is 15.9 Å². The number of benzene rings is 1. The highest BCUT2D eigenvalue weighted by molar-refractivity contribution is 9.10.